The van der Waals surface area contributed by atoms with Gasteiger partial charge in [-0.15, -0.1) is 0 Å². The summed E-state index contributed by atoms with van der Waals surface area (Å²) < 4.78 is 5.08. The van der Waals surface area contributed by atoms with Crippen LogP contribution in [0.4, 0.5) is 11.5 Å². The number of aromatic nitrogens is 2. The van der Waals surface area contributed by atoms with Crippen LogP contribution in [-0.2, 0) is 4.79 Å². The Hall–Kier alpha value is -1.85. The van der Waals surface area contributed by atoms with Crippen LogP contribution in [0.25, 0.3) is 0 Å². The highest BCUT2D eigenvalue weighted by atomic mass is 16.5. The van der Waals surface area contributed by atoms with Gasteiger partial charge in [0.05, 0.1) is 7.11 Å². The number of hydrogen-bond donors (Lipinski definition) is 2. The van der Waals surface area contributed by atoms with E-state index in [1.807, 2.05) is 13.8 Å². The quantitative estimate of drug-likeness (QED) is 0.741. The second-order valence-electron chi connectivity index (χ2n) is 4.34. The van der Waals surface area contributed by atoms with Crippen molar-refractivity contribution in [3.05, 3.63) is 6.33 Å². The lowest BCUT2D eigenvalue weighted by molar-refractivity contribution is -0.116. The minimum absolute atomic E-state index is 0.0793. The average molecular weight is 222 g/mol. The molecule has 0 fully saturated rings. The van der Waals surface area contributed by atoms with E-state index >= 15 is 0 Å². The Bertz CT molecular complexity index is 431. The summed E-state index contributed by atoms with van der Waals surface area (Å²) in [5.74, 6) is 0.871. The van der Waals surface area contributed by atoms with Gasteiger partial charge in [0.2, 0.25) is 11.8 Å². The van der Waals surface area contributed by atoms with Gasteiger partial charge in [-0.2, -0.15) is 4.98 Å². The molecule has 0 bridgehead atoms. The molecule has 0 atom stereocenters. The predicted molar refractivity (Wildman–Crippen MR) is 59.5 cm³/mol. The minimum Gasteiger partial charge on any atom is -0.479 e. The van der Waals surface area contributed by atoms with E-state index in [4.69, 9.17) is 4.74 Å². The van der Waals surface area contributed by atoms with Crippen LogP contribution in [0.2, 0.25) is 0 Å². The second kappa shape index (κ2) is 3.62. The summed E-state index contributed by atoms with van der Waals surface area (Å²) >= 11 is 0. The van der Waals surface area contributed by atoms with Crippen LogP contribution in [-0.4, -0.2) is 28.5 Å². The van der Waals surface area contributed by atoms with Crippen LogP contribution in [0.15, 0.2) is 6.33 Å². The first-order valence-corrected chi connectivity index (χ1v) is 4.99. The van der Waals surface area contributed by atoms with Crippen molar-refractivity contribution in [2.24, 2.45) is 0 Å². The van der Waals surface area contributed by atoms with E-state index in [2.05, 4.69) is 20.6 Å². The zero-order valence-electron chi connectivity index (χ0n) is 9.50. The van der Waals surface area contributed by atoms with Gasteiger partial charge in [0.25, 0.3) is 0 Å². The first kappa shape index (κ1) is 10.7. The predicted octanol–water partition coefficient (Wildman–Crippen LogP) is 1.02. The number of nitrogens with zero attached hydrogens (tertiary/aromatic N) is 2. The van der Waals surface area contributed by atoms with Gasteiger partial charge in [-0.1, -0.05) is 0 Å². The molecular formula is C10H14N4O2. The lowest BCUT2D eigenvalue weighted by Gasteiger charge is -2.23. The van der Waals surface area contributed by atoms with E-state index in [9.17, 15) is 4.79 Å². The van der Waals surface area contributed by atoms with E-state index in [0.717, 1.165) is 0 Å². The van der Waals surface area contributed by atoms with Crippen LogP contribution >= 0.6 is 0 Å². The Labute approximate surface area is 93.4 Å². The summed E-state index contributed by atoms with van der Waals surface area (Å²) in [7, 11) is 1.50. The maximum Gasteiger partial charge on any atom is 0.242 e. The SMILES string of the molecule is COc1ncnc2c1NC(=O)CC(C)(C)N2. The molecule has 0 radical (unpaired) electrons. The first-order valence-electron chi connectivity index (χ1n) is 4.99. The molecule has 2 rings (SSSR count). The van der Waals surface area contributed by atoms with Crippen molar-refractivity contribution in [3.63, 3.8) is 0 Å². The van der Waals surface area contributed by atoms with Crippen molar-refractivity contribution >= 4 is 17.4 Å². The average Bonchev–Trinajstić information content (AvgIpc) is 2.30. The van der Waals surface area contributed by atoms with Crippen molar-refractivity contribution in [2.45, 2.75) is 25.8 Å². The van der Waals surface area contributed by atoms with E-state index < -0.39 is 0 Å². The first-order chi connectivity index (χ1) is 7.52. The Morgan fingerprint density at radius 3 is 2.88 bits per heavy atom. The van der Waals surface area contributed by atoms with Gasteiger partial charge in [-0.25, -0.2) is 4.98 Å². The fraction of sp³-hybridized carbons (Fsp3) is 0.500. The van der Waals surface area contributed by atoms with Gasteiger partial charge in [0.15, 0.2) is 5.82 Å². The number of anilines is 2. The Morgan fingerprint density at radius 1 is 1.44 bits per heavy atom. The molecular weight excluding hydrogens is 208 g/mol. The number of rotatable bonds is 1. The molecule has 1 amide bonds. The highest BCUT2D eigenvalue weighted by Gasteiger charge is 2.29. The molecule has 1 aliphatic rings. The number of carbonyl (C=O) groups excluding carboxylic acids is 1. The standard InChI is InChI=1S/C10H14N4O2/c1-10(2)4-6(15)13-7-8(14-10)11-5-12-9(7)16-3/h5H,4H2,1-3H3,(H,13,15)(H,11,12,14). The molecule has 1 aromatic heterocycles. The molecule has 1 aromatic rings. The Balaban J connectivity index is 2.49. The summed E-state index contributed by atoms with van der Waals surface area (Å²) in [6, 6.07) is 0. The van der Waals surface area contributed by atoms with Gasteiger partial charge in [0, 0.05) is 12.0 Å². The third-order valence-electron chi connectivity index (χ3n) is 2.33. The monoisotopic (exact) mass is 222 g/mol. The van der Waals surface area contributed by atoms with Crippen LogP contribution < -0.4 is 15.4 Å². The fourth-order valence-electron chi connectivity index (χ4n) is 1.68. The molecule has 86 valence electrons. The zero-order valence-corrected chi connectivity index (χ0v) is 9.50. The van der Waals surface area contributed by atoms with E-state index in [-0.39, 0.29) is 11.4 Å². The number of amides is 1. The van der Waals surface area contributed by atoms with Gasteiger partial charge >= 0.3 is 0 Å². The van der Waals surface area contributed by atoms with Gasteiger partial charge in [-0.3, -0.25) is 4.79 Å². The molecule has 0 saturated carbocycles. The smallest absolute Gasteiger partial charge is 0.242 e. The topological polar surface area (TPSA) is 76.1 Å². The highest BCUT2D eigenvalue weighted by molar-refractivity contribution is 5.97. The van der Waals surface area contributed by atoms with E-state index in [1.54, 1.807) is 0 Å². The molecule has 2 heterocycles. The molecule has 0 aromatic carbocycles. The summed E-state index contributed by atoms with van der Waals surface area (Å²) in [5, 5.41) is 5.94. The van der Waals surface area contributed by atoms with Crippen LogP contribution in [0.5, 0.6) is 5.88 Å². The lowest BCUT2D eigenvalue weighted by atomic mass is 10.0. The molecule has 6 nitrogen and oxygen atoms in total. The highest BCUT2D eigenvalue weighted by Crippen LogP contribution is 2.33. The number of hydrogen-bond acceptors (Lipinski definition) is 5. The van der Waals surface area contributed by atoms with Crippen molar-refractivity contribution in [1.29, 1.82) is 0 Å². The number of ether oxygens (including phenoxy) is 1. The number of fused-ring (bicyclic) bond motifs is 1. The van der Waals surface area contributed by atoms with Gasteiger partial charge < -0.3 is 15.4 Å². The van der Waals surface area contributed by atoms with Crippen molar-refractivity contribution < 1.29 is 9.53 Å². The fourth-order valence-corrected chi connectivity index (χ4v) is 1.68. The molecule has 1 aliphatic heterocycles. The van der Waals surface area contributed by atoms with Crippen molar-refractivity contribution in [3.8, 4) is 5.88 Å². The number of methoxy groups -OCH3 is 1. The molecule has 16 heavy (non-hydrogen) atoms. The summed E-state index contributed by atoms with van der Waals surface area (Å²) in [4.78, 5) is 19.7. The number of carbonyl (C=O) groups is 1. The van der Waals surface area contributed by atoms with Crippen LogP contribution in [0.1, 0.15) is 20.3 Å². The Kier molecular flexibility index (Phi) is 2.41. The third-order valence-corrected chi connectivity index (χ3v) is 2.33. The third kappa shape index (κ3) is 1.91. The van der Waals surface area contributed by atoms with E-state index in [1.165, 1.54) is 13.4 Å². The molecule has 6 heteroatoms. The Morgan fingerprint density at radius 2 is 2.19 bits per heavy atom. The lowest BCUT2D eigenvalue weighted by Crippen LogP contribution is -2.33. The van der Waals surface area contributed by atoms with E-state index in [0.29, 0.717) is 23.8 Å². The van der Waals surface area contributed by atoms with Crippen LogP contribution in [0.3, 0.4) is 0 Å². The summed E-state index contributed by atoms with van der Waals surface area (Å²) in [6.07, 6.45) is 1.77. The number of nitrogens with one attached hydrogen (secondary N) is 2. The zero-order chi connectivity index (χ0) is 11.8. The largest absolute Gasteiger partial charge is 0.479 e. The van der Waals surface area contributed by atoms with Crippen molar-refractivity contribution in [2.75, 3.05) is 17.7 Å². The minimum atomic E-state index is -0.339. The van der Waals surface area contributed by atoms with Gasteiger partial charge in [0.1, 0.15) is 12.0 Å². The van der Waals surface area contributed by atoms with Crippen LogP contribution in [0, 0.1) is 0 Å². The molecule has 0 aliphatic carbocycles. The maximum absolute atomic E-state index is 11.7. The van der Waals surface area contributed by atoms with Crippen molar-refractivity contribution in [1.82, 2.24) is 9.97 Å². The maximum atomic E-state index is 11.7. The van der Waals surface area contributed by atoms with Gasteiger partial charge in [-0.05, 0) is 13.8 Å². The molecule has 2 N–H and O–H groups in total. The molecule has 0 unspecified atom stereocenters. The molecule has 0 spiro atoms. The second-order valence-corrected chi connectivity index (χ2v) is 4.34. The molecule has 0 saturated heterocycles. The normalized spacial score (nSPS) is 17.8. The summed E-state index contributed by atoms with van der Waals surface area (Å²) in [5.41, 5.74) is 0.162. The summed E-state index contributed by atoms with van der Waals surface area (Å²) in [6.45, 7) is 3.88.